The zero-order valence-electron chi connectivity index (χ0n) is 19.3. The van der Waals surface area contributed by atoms with Gasteiger partial charge in [0.25, 0.3) is 0 Å². The Hall–Kier alpha value is -3.92. The molecule has 10 heteroatoms. The maximum absolute atomic E-state index is 12.3. The Morgan fingerprint density at radius 3 is 1.79 bits per heavy atom. The Morgan fingerprint density at radius 2 is 1.38 bits per heavy atom. The van der Waals surface area contributed by atoms with Gasteiger partial charge in [-0.2, -0.15) is 0 Å². The average molecular weight is 471 g/mol. The van der Waals surface area contributed by atoms with Gasteiger partial charge in [-0.05, 0) is 25.0 Å². The van der Waals surface area contributed by atoms with Gasteiger partial charge in [-0.1, -0.05) is 36.4 Å². The summed E-state index contributed by atoms with van der Waals surface area (Å²) in [5, 5.41) is 10.0. The Morgan fingerprint density at radius 1 is 0.912 bits per heavy atom. The van der Waals surface area contributed by atoms with Gasteiger partial charge >= 0.3 is 17.9 Å². The molecule has 0 spiro atoms. The molecule has 1 atom stereocenters. The minimum absolute atomic E-state index is 0.0608. The number of carbonyl (C=O) groups is 3. The van der Waals surface area contributed by atoms with Crippen molar-refractivity contribution >= 4 is 23.9 Å². The first-order valence-corrected chi connectivity index (χ1v) is 10.7. The number of rotatable bonds is 12. The number of benzene rings is 2. The summed E-state index contributed by atoms with van der Waals surface area (Å²) in [5.74, 6) is -1.36. The van der Waals surface area contributed by atoms with Gasteiger partial charge < -0.3 is 26.0 Å². The monoisotopic (exact) mass is 470 g/mol. The largest absolute Gasteiger partial charge is 0.480 e. The van der Waals surface area contributed by atoms with E-state index in [1.807, 2.05) is 0 Å². The maximum atomic E-state index is 12.3. The molecule has 0 unspecified atom stereocenters. The number of guanidine groups is 1. The van der Waals surface area contributed by atoms with Crippen molar-refractivity contribution in [2.45, 2.75) is 45.8 Å². The van der Waals surface area contributed by atoms with Crippen molar-refractivity contribution in [1.29, 1.82) is 0 Å². The van der Waals surface area contributed by atoms with Crippen LogP contribution in [0, 0.1) is 0 Å². The first-order chi connectivity index (χ1) is 16.2. The molecule has 0 aliphatic rings. The van der Waals surface area contributed by atoms with Gasteiger partial charge in [0.05, 0.1) is 0 Å². The van der Waals surface area contributed by atoms with Crippen molar-refractivity contribution in [3.8, 4) is 11.5 Å². The number of hydrogen-bond acceptors (Lipinski definition) is 7. The van der Waals surface area contributed by atoms with Crippen molar-refractivity contribution < 1.29 is 29.0 Å². The first-order valence-electron chi connectivity index (χ1n) is 10.7. The van der Waals surface area contributed by atoms with Crippen LogP contribution in [-0.2, 0) is 27.5 Å². The van der Waals surface area contributed by atoms with Crippen LogP contribution in [0.3, 0.4) is 0 Å². The Kier molecular flexibility index (Phi) is 10.0. The second kappa shape index (κ2) is 12.9. The molecule has 182 valence electrons. The Bertz CT molecular complexity index is 974. The lowest BCUT2D eigenvalue weighted by molar-refractivity contribution is -0.144. The first kappa shape index (κ1) is 26.3. The van der Waals surface area contributed by atoms with E-state index in [1.165, 1.54) is 13.8 Å². The number of carboxylic acids is 1. The van der Waals surface area contributed by atoms with E-state index in [1.54, 1.807) is 53.4 Å². The highest BCUT2D eigenvalue weighted by atomic mass is 16.5. The van der Waals surface area contributed by atoms with Crippen LogP contribution in [0.15, 0.2) is 53.5 Å². The lowest BCUT2D eigenvalue weighted by Crippen LogP contribution is -2.40. The molecule has 2 aromatic rings. The summed E-state index contributed by atoms with van der Waals surface area (Å²) in [7, 11) is 0. The molecule has 0 aromatic heterocycles. The molecule has 0 aliphatic carbocycles. The third-order valence-corrected chi connectivity index (χ3v) is 4.86. The predicted octanol–water partition coefficient (Wildman–Crippen LogP) is 2.05. The number of ether oxygens (including phenoxy) is 2. The molecule has 0 bridgehead atoms. The molecule has 0 amide bonds. The molecule has 0 aliphatic heterocycles. The number of nitrogens with zero attached hydrogens (tertiary/aromatic N) is 2. The van der Waals surface area contributed by atoms with Gasteiger partial charge in [-0.25, -0.2) is 0 Å². The zero-order valence-corrected chi connectivity index (χ0v) is 19.3. The SMILES string of the molecule is CC(=O)Oc1ccccc1CN(Cc1ccccc1OC(C)=O)[C@@H](CCCN=C(N)N)C(=O)O. The summed E-state index contributed by atoms with van der Waals surface area (Å²) in [4.78, 5) is 41.0. The average Bonchev–Trinajstić information content (AvgIpc) is 2.75. The number of carbonyl (C=O) groups excluding carboxylic acids is 2. The smallest absolute Gasteiger partial charge is 0.320 e. The molecule has 34 heavy (non-hydrogen) atoms. The van der Waals surface area contributed by atoms with Crippen molar-refractivity contribution in [3.05, 3.63) is 59.7 Å². The molecule has 0 radical (unpaired) electrons. The number of hydrogen-bond donors (Lipinski definition) is 3. The van der Waals surface area contributed by atoms with Gasteiger partial charge in [-0.15, -0.1) is 0 Å². The van der Waals surface area contributed by atoms with Gasteiger partial charge in [0.2, 0.25) is 0 Å². The van der Waals surface area contributed by atoms with E-state index in [0.717, 1.165) is 0 Å². The Balaban J connectivity index is 2.40. The molecule has 0 saturated heterocycles. The lowest BCUT2D eigenvalue weighted by Gasteiger charge is -2.30. The van der Waals surface area contributed by atoms with Gasteiger partial charge in [0, 0.05) is 44.6 Å². The number of aliphatic carboxylic acids is 1. The lowest BCUT2D eigenvalue weighted by atomic mass is 10.1. The molecule has 2 rings (SSSR count). The van der Waals surface area contributed by atoms with E-state index in [9.17, 15) is 19.5 Å². The topological polar surface area (TPSA) is 158 Å². The fourth-order valence-corrected chi connectivity index (χ4v) is 3.45. The second-order valence-electron chi connectivity index (χ2n) is 7.61. The summed E-state index contributed by atoms with van der Waals surface area (Å²) in [5.41, 5.74) is 12.0. The highest BCUT2D eigenvalue weighted by Gasteiger charge is 2.27. The van der Waals surface area contributed by atoms with Crippen LogP contribution >= 0.6 is 0 Å². The summed E-state index contributed by atoms with van der Waals surface area (Å²) < 4.78 is 10.6. The van der Waals surface area contributed by atoms with Gasteiger partial charge in [0.15, 0.2) is 5.96 Å². The third-order valence-electron chi connectivity index (χ3n) is 4.86. The molecule has 0 heterocycles. The quantitative estimate of drug-likeness (QED) is 0.139. The molecule has 10 nitrogen and oxygen atoms in total. The molecular weight excluding hydrogens is 440 g/mol. The van der Waals surface area contributed by atoms with Crippen molar-refractivity contribution in [2.75, 3.05) is 6.54 Å². The van der Waals surface area contributed by atoms with Gasteiger partial charge in [-0.3, -0.25) is 24.3 Å². The fourth-order valence-electron chi connectivity index (χ4n) is 3.45. The molecule has 2 aromatic carbocycles. The third kappa shape index (κ3) is 8.55. The van der Waals surface area contributed by atoms with Crippen LogP contribution in [-0.4, -0.2) is 46.5 Å². The fraction of sp³-hybridized carbons (Fsp3) is 0.333. The highest BCUT2D eigenvalue weighted by Crippen LogP contribution is 2.27. The van der Waals surface area contributed by atoms with E-state index in [2.05, 4.69) is 4.99 Å². The van der Waals surface area contributed by atoms with Crippen molar-refractivity contribution in [2.24, 2.45) is 16.5 Å². The number of esters is 2. The standard InChI is InChI=1S/C24H30N4O6/c1-16(29)33-21-11-5-3-8-18(21)14-28(20(23(31)32)10-7-13-27-24(25)26)15-19-9-4-6-12-22(19)34-17(2)30/h3-6,8-9,11-12,20H,7,10,13-15H2,1-2H3,(H,31,32)(H4,25,26,27)/t20-/m0/s1. The van der Waals surface area contributed by atoms with Crippen LogP contribution in [0.25, 0.3) is 0 Å². The van der Waals surface area contributed by atoms with Crippen molar-refractivity contribution in [3.63, 3.8) is 0 Å². The number of para-hydroxylation sites is 2. The summed E-state index contributed by atoms with van der Waals surface area (Å²) in [6.07, 6.45) is 0.695. The summed E-state index contributed by atoms with van der Waals surface area (Å²) >= 11 is 0. The normalized spacial score (nSPS) is 11.5. The van der Waals surface area contributed by atoms with Gasteiger partial charge in [0.1, 0.15) is 17.5 Å². The van der Waals surface area contributed by atoms with Crippen LogP contribution in [0.1, 0.15) is 37.8 Å². The van der Waals surface area contributed by atoms with Crippen LogP contribution < -0.4 is 20.9 Å². The molecule has 0 saturated carbocycles. The van der Waals surface area contributed by atoms with E-state index < -0.39 is 23.9 Å². The minimum atomic E-state index is -1.03. The van der Waals surface area contributed by atoms with E-state index in [-0.39, 0.29) is 32.0 Å². The number of carboxylic acid groups (broad SMARTS) is 1. The molecular formula is C24H30N4O6. The summed E-state index contributed by atoms with van der Waals surface area (Å²) in [6, 6.07) is 12.9. The van der Waals surface area contributed by atoms with E-state index in [0.29, 0.717) is 29.0 Å². The number of nitrogens with two attached hydrogens (primary N) is 2. The minimum Gasteiger partial charge on any atom is -0.480 e. The predicted molar refractivity (Wildman–Crippen MR) is 126 cm³/mol. The van der Waals surface area contributed by atoms with E-state index in [4.69, 9.17) is 20.9 Å². The molecule has 0 fully saturated rings. The Labute approximate surface area is 198 Å². The number of aliphatic imine (C=N–C) groups is 1. The van der Waals surface area contributed by atoms with Crippen LogP contribution in [0.5, 0.6) is 11.5 Å². The zero-order chi connectivity index (χ0) is 25.1. The van der Waals surface area contributed by atoms with Crippen molar-refractivity contribution in [1.82, 2.24) is 4.90 Å². The maximum Gasteiger partial charge on any atom is 0.320 e. The second-order valence-corrected chi connectivity index (χ2v) is 7.61. The molecule has 5 N–H and O–H groups in total. The van der Waals surface area contributed by atoms with Crippen LogP contribution in [0.4, 0.5) is 0 Å². The van der Waals surface area contributed by atoms with E-state index >= 15 is 0 Å². The van der Waals surface area contributed by atoms with Crippen LogP contribution in [0.2, 0.25) is 0 Å². The summed E-state index contributed by atoms with van der Waals surface area (Å²) in [6.45, 7) is 3.21. The highest BCUT2D eigenvalue weighted by molar-refractivity contribution is 5.75.